The molecule has 0 aliphatic carbocycles. The van der Waals surface area contributed by atoms with E-state index in [9.17, 15) is 9.90 Å². The predicted molar refractivity (Wildman–Crippen MR) is 132 cm³/mol. The van der Waals surface area contributed by atoms with Crippen molar-refractivity contribution in [3.63, 3.8) is 0 Å². The number of aryl methyl sites for hydroxylation is 1. The molecule has 0 saturated carbocycles. The number of likely N-dealkylation sites (N-methyl/N-ethyl adjacent to an activating group) is 1. The Morgan fingerprint density at radius 2 is 1.94 bits per heavy atom. The number of nitrogens with zero attached hydrogens (tertiary/aromatic N) is 5. The summed E-state index contributed by atoms with van der Waals surface area (Å²) in [5.41, 5.74) is 6.08. The second-order valence-corrected chi connectivity index (χ2v) is 8.80. The van der Waals surface area contributed by atoms with Crippen molar-refractivity contribution in [3.05, 3.63) is 83.7 Å². The number of benzene rings is 1. The molecular formula is C27H27N5O2. The average Bonchev–Trinajstić information content (AvgIpc) is 3.24. The van der Waals surface area contributed by atoms with Crippen LogP contribution in [-0.4, -0.2) is 55.7 Å². The summed E-state index contributed by atoms with van der Waals surface area (Å²) in [6.45, 7) is 1.81. The summed E-state index contributed by atoms with van der Waals surface area (Å²) in [5, 5.41) is 16.0. The van der Waals surface area contributed by atoms with Gasteiger partial charge in [-0.1, -0.05) is 18.2 Å². The van der Waals surface area contributed by atoms with Crippen molar-refractivity contribution in [3.8, 4) is 11.1 Å². The van der Waals surface area contributed by atoms with Crippen LogP contribution in [-0.2, 0) is 20.1 Å². The normalized spacial score (nSPS) is 14.4. The second kappa shape index (κ2) is 9.29. The third-order valence-corrected chi connectivity index (χ3v) is 6.47. The Labute approximate surface area is 198 Å². The number of carbonyl (C=O) groups is 1. The Morgan fingerprint density at radius 1 is 1.06 bits per heavy atom. The van der Waals surface area contributed by atoms with Crippen LogP contribution >= 0.6 is 0 Å². The van der Waals surface area contributed by atoms with Crippen LogP contribution in [0.15, 0.2) is 61.1 Å². The molecule has 1 aliphatic rings. The monoisotopic (exact) mass is 453 g/mol. The Bertz CT molecular complexity index is 1410. The summed E-state index contributed by atoms with van der Waals surface area (Å²) in [7, 11) is 3.92. The third kappa shape index (κ3) is 4.40. The van der Waals surface area contributed by atoms with Gasteiger partial charge in [-0.05, 0) is 54.3 Å². The van der Waals surface area contributed by atoms with Gasteiger partial charge in [0.25, 0.3) is 0 Å². The van der Waals surface area contributed by atoms with E-state index in [1.165, 1.54) is 5.57 Å². The highest BCUT2D eigenvalue weighted by Crippen LogP contribution is 2.28. The number of fused-ring (bicyclic) bond motifs is 1. The van der Waals surface area contributed by atoms with Gasteiger partial charge in [-0.15, -0.1) is 0 Å². The molecule has 0 fully saturated rings. The molecule has 172 valence electrons. The molecule has 0 saturated heterocycles. The lowest BCUT2D eigenvalue weighted by Gasteiger charge is -2.21. The van der Waals surface area contributed by atoms with Crippen molar-refractivity contribution < 1.29 is 9.90 Å². The van der Waals surface area contributed by atoms with Crippen LogP contribution < -0.4 is 0 Å². The number of hydrogen-bond acceptors (Lipinski definition) is 6. The molecule has 0 amide bonds. The van der Waals surface area contributed by atoms with Gasteiger partial charge in [0.2, 0.25) is 0 Å². The van der Waals surface area contributed by atoms with Crippen LogP contribution in [0.5, 0.6) is 0 Å². The number of hydrogen-bond donors (Lipinski definition) is 1. The molecule has 0 radical (unpaired) electrons. The second-order valence-electron chi connectivity index (χ2n) is 8.80. The summed E-state index contributed by atoms with van der Waals surface area (Å²) in [4.78, 5) is 24.4. The average molecular weight is 454 g/mol. The van der Waals surface area contributed by atoms with Gasteiger partial charge in [0.1, 0.15) is 0 Å². The van der Waals surface area contributed by atoms with Gasteiger partial charge in [-0.3, -0.25) is 19.4 Å². The fourth-order valence-corrected chi connectivity index (χ4v) is 4.39. The number of carbonyl (C=O) groups excluding carboxylic acids is 1. The van der Waals surface area contributed by atoms with E-state index < -0.39 is 0 Å². The lowest BCUT2D eigenvalue weighted by atomic mass is 9.99. The van der Waals surface area contributed by atoms with E-state index in [0.717, 1.165) is 58.5 Å². The van der Waals surface area contributed by atoms with Gasteiger partial charge in [-0.2, -0.15) is 5.10 Å². The molecule has 4 heterocycles. The maximum absolute atomic E-state index is 13.1. The van der Waals surface area contributed by atoms with Crippen LogP contribution in [0.2, 0.25) is 0 Å². The van der Waals surface area contributed by atoms with Crippen LogP contribution in [0.4, 0.5) is 0 Å². The number of rotatable bonds is 6. The molecule has 1 aliphatic heterocycles. The van der Waals surface area contributed by atoms with Crippen molar-refractivity contribution >= 4 is 22.1 Å². The SMILES string of the molecule is CN1CC=C(c2cc(C(=O)Cc3cc4cc(-c5cnn(C)c5CO)ccc4cn3)ccn2)CC1. The zero-order chi connectivity index (χ0) is 23.7. The minimum Gasteiger partial charge on any atom is -0.390 e. The summed E-state index contributed by atoms with van der Waals surface area (Å²) >= 11 is 0. The Hall–Kier alpha value is -3.68. The van der Waals surface area contributed by atoms with E-state index in [2.05, 4.69) is 39.2 Å². The molecule has 4 aromatic rings. The molecule has 7 heteroatoms. The fraction of sp³-hybridized carbons (Fsp3) is 0.259. The summed E-state index contributed by atoms with van der Waals surface area (Å²) in [5.74, 6) is 0.0232. The quantitative estimate of drug-likeness (QED) is 0.449. The first-order valence-corrected chi connectivity index (χ1v) is 11.4. The first kappa shape index (κ1) is 22.1. The largest absolute Gasteiger partial charge is 0.390 e. The van der Waals surface area contributed by atoms with Gasteiger partial charge in [0.15, 0.2) is 5.78 Å². The minimum absolute atomic E-state index is 0.0232. The van der Waals surface area contributed by atoms with Crippen molar-refractivity contribution in [1.29, 1.82) is 0 Å². The third-order valence-electron chi connectivity index (χ3n) is 6.47. The lowest BCUT2D eigenvalue weighted by molar-refractivity contribution is 0.0992. The lowest BCUT2D eigenvalue weighted by Crippen LogP contribution is -2.23. The number of pyridine rings is 2. The van der Waals surface area contributed by atoms with E-state index in [4.69, 9.17) is 0 Å². The first-order valence-electron chi connectivity index (χ1n) is 11.4. The summed E-state index contributed by atoms with van der Waals surface area (Å²) < 4.78 is 1.68. The number of aliphatic hydroxyl groups is 1. The zero-order valence-electron chi connectivity index (χ0n) is 19.4. The fourth-order valence-electron chi connectivity index (χ4n) is 4.39. The maximum Gasteiger partial charge on any atom is 0.168 e. The molecule has 0 unspecified atom stereocenters. The zero-order valence-corrected chi connectivity index (χ0v) is 19.4. The van der Waals surface area contributed by atoms with Crippen LogP contribution in [0.25, 0.3) is 27.5 Å². The van der Waals surface area contributed by atoms with Crippen molar-refractivity contribution in [2.75, 3.05) is 20.1 Å². The number of aliphatic hydroxyl groups excluding tert-OH is 1. The molecular weight excluding hydrogens is 426 g/mol. The van der Waals surface area contributed by atoms with E-state index in [1.54, 1.807) is 29.3 Å². The van der Waals surface area contributed by atoms with E-state index in [-0.39, 0.29) is 18.8 Å². The molecule has 1 N–H and O–H groups in total. The predicted octanol–water partition coefficient (Wildman–Crippen LogP) is 3.67. The molecule has 7 nitrogen and oxygen atoms in total. The molecule has 0 bridgehead atoms. The molecule has 3 aromatic heterocycles. The molecule has 0 atom stereocenters. The molecule has 5 rings (SSSR count). The van der Waals surface area contributed by atoms with Crippen LogP contribution in [0.3, 0.4) is 0 Å². The highest BCUT2D eigenvalue weighted by molar-refractivity contribution is 5.98. The number of Topliss-reactive ketones (excluding diaryl/α,β-unsaturated/α-hetero) is 1. The van der Waals surface area contributed by atoms with Gasteiger partial charge >= 0.3 is 0 Å². The summed E-state index contributed by atoms with van der Waals surface area (Å²) in [6, 6.07) is 11.7. The van der Waals surface area contributed by atoms with E-state index in [0.29, 0.717) is 5.56 Å². The van der Waals surface area contributed by atoms with Gasteiger partial charge in [-0.25, -0.2) is 0 Å². The van der Waals surface area contributed by atoms with Gasteiger partial charge in [0.05, 0.1) is 30.6 Å². The molecule has 34 heavy (non-hydrogen) atoms. The highest BCUT2D eigenvalue weighted by atomic mass is 16.3. The van der Waals surface area contributed by atoms with Crippen molar-refractivity contribution in [2.45, 2.75) is 19.4 Å². The van der Waals surface area contributed by atoms with Crippen LogP contribution in [0.1, 0.15) is 33.9 Å². The standard InChI is InChI=1S/C27H27N5O2/c1-31-9-6-18(7-10-31)25-13-20(5-8-28-25)27(34)14-23-12-22-11-19(3-4-21(22)15-29-23)24-16-30-32(2)26(24)17-33/h3-6,8,11-13,15-16,33H,7,9-10,14,17H2,1-2H3. The smallest absolute Gasteiger partial charge is 0.168 e. The van der Waals surface area contributed by atoms with E-state index >= 15 is 0 Å². The summed E-state index contributed by atoms with van der Waals surface area (Å²) in [6.07, 6.45) is 8.63. The Morgan fingerprint density at radius 3 is 2.74 bits per heavy atom. The first-order chi connectivity index (χ1) is 16.5. The van der Waals surface area contributed by atoms with Crippen molar-refractivity contribution in [2.24, 2.45) is 7.05 Å². The van der Waals surface area contributed by atoms with Gasteiger partial charge in [0, 0.05) is 54.7 Å². The van der Waals surface area contributed by atoms with Gasteiger partial charge < -0.3 is 10.0 Å². The topological polar surface area (TPSA) is 84.1 Å². The molecule has 0 spiro atoms. The Balaban J connectivity index is 1.39. The van der Waals surface area contributed by atoms with Crippen LogP contribution in [0, 0.1) is 0 Å². The minimum atomic E-state index is -0.0819. The Kier molecular flexibility index (Phi) is 6.04. The highest BCUT2D eigenvalue weighted by Gasteiger charge is 2.15. The van der Waals surface area contributed by atoms with Crippen molar-refractivity contribution in [1.82, 2.24) is 24.6 Å². The number of aromatic nitrogens is 4. The van der Waals surface area contributed by atoms with E-state index in [1.807, 2.05) is 31.3 Å². The maximum atomic E-state index is 13.1. The number of ketones is 1. The molecule has 1 aromatic carbocycles.